The van der Waals surface area contributed by atoms with Gasteiger partial charge in [-0.15, -0.1) is 0 Å². The van der Waals surface area contributed by atoms with Crippen LogP contribution >= 0.6 is 11.6 Å². The number of Topliss-reactive ketones (excluding diaryl/α,β-unsaturated/α-hetero) is 1. The Balaban J connectivity index is 1.48. The fourth-order valence-corrected chi connectivity index (χ4v) is 4.97. The molecule has 6 N–H and O–H groups in total. The minimum atomic E-state index is 0.159. The Morgan fingerprint density at radius 1 is 1.03 bits per heavy atom. The number of carbonyl (C=O) groups is 1. The lowest BCUT2D eigenvalue weighted by Crippen LogP contribution is -2.54. The average molecular weight is 418 g/mol. The molecule has 156 valence electrons. The fraction of sp³-hybridized carbons (Fsp3) is 0.550. The number of nitrogens with two attached hydrogens (primary N) is 3. The normalized spacial score (nSPS) is 25.4. The van der Waals surface area contributed by atoms with Crippen LogP contribution in [0.15, 0.2) is 35.1 Å². The highest BCUT2D eigenvalue weighted by Crippen LogP contribution is 2.36. The highest BCUT2D eigenvalue weighted by atomic mass is 35.5. The maximum Gasteiger partial charge on any atom is 0.225 e. The maximum absolute atomic E-state index is 11.5. The number of rotatable bonds is 4. The number of allylic oxidation sites excluding steroid dienone is 1. The van der Waals surface area contributed by atoms with Gasteiger partial charge in [0, 0.05) is 50.4 Å². The van der Waals surface area contributed by atoms with Gasteiger partial charge in [-0.25, -0.2) is 9.97 Å². The number of halogens is 1. The molecule has 2 atom stereocenters. The van der Waals surface area contributed by atoms with Crippen LogP contribution in [0.25, 0.3) is 0 Å². The number of anilines is 1. The third-order valence-corrected chi connectivity index (χ3v) is 6.41. The van der Waals surface area contributed by atoms with Crippen molar-refractivity contribution >= 4 is 23.3 Å². The summed E-state index contributed by atoms with van der Waals surface area (Å²) in [5.74, 6) is 1.74. The highest BCUT2D eigenvalue weighted by molar-refractivity contribution is 6.29. The van der Waals surface area contributed by atoms with Crippen LogP contribution in [-0.2, 0) is 4.79 Å². The van der Waals surface area contributed by atoms with Crippen LogP contribution in [-0.4, -0.2) is 45.8 Å². The van der Waals surface area contributed by atoms with E-state index in [-0.39, 0.29) is 23.1 Å². The Bertz CT molecular complexity index is 806. The summed E-state index contributed by atoms with van der Waals surface area (Å²) < 4.78 is 0. The lowest BCUT2D eigenvalue weighted by Gasteiger charge is -2.42. The zero-order chi connectivity index (χ0) is 20.5. The SMILES string of the molecule is NC(N)=C(/C=C(\N)Cl)N1CC2CCC(C1)N2c1ncc(C2CCC(=O)CC2)cn1. The molecule has 3 heterocycles. The summed E-state index contributed by atoms with van der Waals surface area (Å²) in [5, 5.41) is 0.159. The summed E-state index contributed by atoms with van der Waals surface area (Å²) in [6.45, 7) is 1.53. The quantitative estimate of drug-likeness (QED) is 0.496. The Labute approximate surface area is 175 Å². The zero-order valence-corrected chi connectivity index (χ0v) is 17.2. The maximum atomic E-state index is 11.5. The van der Waals surface area contributed by atoms with Crippen molar-refractivity contribution in [2.24, 2.45) is 17.2 Å². The summed E-state index contributed by atoms with van der Waals surface area (Å²) in [6, 6.07) is 0.567. The van der Waals surface area contributed by atoms with Crippen molar-refractivity contribution in [2.75, 3.05) is 18.0 Å². The van der Waals surface area contributed by atoms with Crippen LogP contribution < -0.4 is 22.1 Å². The van der Waals surface area contributed by atoms with E-state index >= 15 is 0 Å². The molecule has 29 heavy (non-hydrogen) atoms. The number of piperazine rings is 1. The Hall–Kier alpha value is -2.48. The second-order valence-electron chi connectivity index (χ2n) is 8.20. The molecule has 4 rings (SSSR count). The Morgan fingerprint density at radius 2 is 1.62 bits per heavy atom. The molecule has 8 nitrogen and oxygen atoms in total. The molecule has 1 aromatic heterocycles. The van der Waals surface area contributed by atoms with Crippen molar-refractivity contribution in [2.45, 2.75) is 56.5 Å². The minimum Gasteiger partial charge on any atom is -0.389 e. The fourth-order valence-electron chi connectivity index (χ4n) is 4.86. The highest BCUT2D eigenvalue weighted by Gasteiger charge is 2.42. The number of ketones is 1. The summed E-state index contributed by atoms with van der Waals surface area (Å²) in [6.07, 6.45) is 10.8. The number of nitrogens with zero attached hydrogens (tertiary/aromatic N) is 4. The molecule has 1 saturated carbocycles. The molecule has 2 saturated heterocycles. The van der Waals surface area contributed by atoms with E-state index < -0.39 is 0 Å². The van der Waals surface area contributed by atoms with Crippen LogP contribution in [0.4, 0.5) is 5.95 Å². The van der Waals surface area contributed by atoms with Gasteiger partial charge in [-0.1, -0.05) is 11.6 Å². The molecule has 2 bridgehead atoms. The first-order valence-electron chi connectivity index (χ1n) is 10.2. The summed E-state index contributed by atoms with van der Waals surface area (Å²) in [5.41, 5.74) is 19.2. The summed E-state index contributed by atoms with van der Waals surface area (Å²) in [4.78, 5) is 25.3. The van der Waals surface area contributed by atoms with E-state index in [4.69, 9.17) is 28.8 Å². The van der Waals surface area contributed by atoms with Gasteiger partial charge in [-0.2, -0.15) is 0 Å². The molecule has 0 amide bonds. The first kappa shape index (κ1) is 19.8. The molecular formula is C20H28ClN7O. The van der Waals surface area contributed by atoms with Gasteiger partial charge in [-0.05, 0) is 43.2 Å². The van der Waals surface area contributed by atoms with Crippen molar-refractivity contribution in [3.63, 3.8) is 0 Å². The molecule has 2 unspecified atom stereocenters. The predicted molar refractivity (Wildman–Crippen MR) is 113 cm³/mol. The molecule has 1 aromatic rings. The second-order valence-corrected chi connectivity index (χ2v) is 8.63. The van der Waals surface area contributed by atoms with Crippen LogP contribution in [0.2, 0.25) is 0 Å². The molecule has 3 fully saturated rings. The van der Waals surface area contributed by atoms with E-state index in [1.165, 1.54) is 0 Å². The van der Waals surface area contributed by atoms with Crippen molar-refractivity contribution in [1.29, 1.82) is 0 Å². The van der Waals surface area contributed by atoms with Crippen LogP contribution in [0, 0.1) is 0 Å². The molecule has 0 spiro atoms. The molecule has 9 heteroatoms. The molecule has 0 aromatic carbocycles. The van der Waals surface area contributed by atoms with E-state index in [9.17, 15) is 4.79 Å². The molecule has 2 aliphatic heterocycles. The largest absolute Gasteiger partial charge is 0.389 e. The second kappa shape index (κ2) is 8.10. The van der Waals surface area contributed by atoms with Gasteiger partial charge in [0.1, 0.15) is 16.8 Å². The van der Waals surface area contributed by atoms with Gasteiger partial charge in [0.25, 0.3) is 0 Å². The molecule has 3 aliphatic rings. The number of hydrogen-bond donors (Lipinski definition) is 3. The first-order chi connectivity index (χ1) is 13.9. The smallest absolute Gasteiger partial charge is 0.225 e. The molecule has 1 aliphatic carbocycles. The minimum absolute atomic E-state index is 0.159. The van der Waals surface area contributed by atoms with Gasteiger partial charge >= 0.3 is 0 Å². The third-order valence-electron chi connectivity index (χ3n) is 6.30. The van der Waals surface area contributed by atoms with E-state index in [0.29, 0.717) is 30.2 Å². The monoisotopic (exact) mass is 417 g/mol. The van der Waals surface area contributed by atoms with Crippen molar-refractivity contribution < 1.29 is 4.79 Å². The van der Waals surface area contributed by atoms with Crippen LogP contribution in [0.5, 0.6) is 0 Å². The van der Waals surface area contributed by atoms with Gasteiger partial charge in [0.15, 0.2) is 0 Å². The average Bonchev–Trinajstić information content (AvgIpc) is 2.96. The number of carbonyl (C=O) groups excluding carboxylic acids is 1. The van der Waals surface area contributed by atoms with Gasteiger partial charge in [0.05, 0.1) is 5.70 Å². The lowest BCUT2D eigenvalue weighted by molar-refractivity contribution is -0.120. The van der Waals surface area contributed by atoms with E-state index in [1.807, 2.05) is 12.4 Å². The number of aromatic nitrogens is 2. The Morgan fingerprint density at radius 3 is 2.14 bits per heavy atom. The summed E-state index contributed by atoms with van der Waals surface area (Å²) >= 11 is 5.85. The summed E-state index contributed by atoms with van der Waals surface area (Å²) in [7, 11) is 0. The van der Waals surface area contributed by atoms with E-state index in [1.54, 1.807) is 6.08 Å². The topological polar surface area (TPSA) is 127 Å². The molecule has 0 radical (unpaired) electrons. The van der Waals surface area contributed by atoms with E-state index in [2.05, 4.69) is 19.8 Å². The Kier molecular flexibility index (Phi) is 5.54. The number of likely N-dealkylation sites (tertiary alicyclic amines) is 1. The van der Waals surface area contributed by atoms with Gasteiger partial charge in [0.2, 0.25) is 5.95 Å². The van der Waals surface area contributed by atoms with Gasteiger partial charge < -0.3 is 27.0 Å². The molecular weight excluding hydrogens is 390 g/mol. The zero-order valence-electron chi connectivity index (χ0n) is 16.4. The van der Waals surface area contributed by atoms with Gasteiger partial charge in [-0.3, -0.25) is 4.79 Å². The van der Waals surface area contributed by atoms with Crippen molar-refractivity contribution in [3.8, 4) is 0 Å². The lowest BCUT2D eigenvalue weighted by atomic mass is 9.85. The van der Waals surface area contributed by atoms with Crippen LogP contribution in [0.3, 0.4) is 0 Å². The predicted octanol–water partition coefficient (Wildman–Crippen LogP) is 1.48. The third kappa shape index (κ3) is 4.12. The number of fused-ring (bicyclic) bond motifs is 2. The van der Waals surface area contributed by atoms with Crippen molar-refractivity contribution in [3.05, 3.63) is 40.7 Å². The number of hydrogen-bond acceptors (Lipinski definition) is 8. The van der Waals surface area contributed by atoms with E-state index in [0.717, 1.165) is 50.3 Å². The standard InChI is InChI=1S/C20H28ClN7O/c21-18(22)7-17(19(23)24)27-10-14-3-4-15(11-27)28(14)20-25-8-13(9-26-20)12-1-5-16(29)6-2-12/h7-9,12,14-15H,1-6,10-11,22-24H2/b18-7-. The first-order valence-corrected chi connectivity index (χ1v) is 10.5. The van der Waals surface area contributed by atoms with Crippen molar-refractivity contribution in [1.82, 2.24) is 14.9 Å². The van der Waals surface area contributed by atoms with Crippen LogP contribution in [0.1, 0.15) is 50.0 Å².